The van der Waals surface area contributed by atoms with Gasteiger partial charge in [-0.3, -0.25) is 4.79 Å². The van der Waals surface area contributed by atoms with Crippen molar-refractivity contribution in [2.24, 2.45) is 0 Å². The number of carbonyl (C=O) groups excluding carboxylic acids is 1. The van der Waals surface area contributed by atoms with Crippen LogP contribution in [-0.4, -0.2) is 20.9 Å². The number of aldehydes is 1. The minimum absolute atomic E-state index is 0.191. The Kier molecular flexibility index (Phi) is 3.13. The lowest BCUT2D eigenvalue weighted by molar-refractivity contribution is 0.111. The van der Waals surface area contributed by atoms with Gasteiger partial charge in [0.25, 0.3) is 0 Å². The summed E-state index contributed by atoms with van der Waals surface area (Å²) in [6.45, 7) is 0. The zero-order valence-corrected chi connectivity index (χ0v) is 13.9. The molecule has 0 fully saturated rings. The van der Waals surface area contributed by atoms with E-state index in [0.717, 1.165) is 5.39 Å². The van der Waals surface area contributed by atoms with Crippen LogP contribution in [0.1, 0.15) is 10.5 Å². The van der Waals surface area contributed by atoms with Gasteiger partial charge in [0.05, 0.1) is 11.8 Å². The minimum atomic E-state index is -0.552. The van der Waals surface area contributed by atoms with E-state index in [-0.39, 0.29) is 17.0 Å². The molecular weight excluding hydrogens is 354 g/mol. The Labute approximate surface area is 149 Å². The predicted molar refractivity (Wildman–Crippen MR) is 95.4 cm³/mol. The fraction of sp³-hybridized carbons (Fsp3) is 0. The highest BCUT2D eigenvalue weighted by Crippen LogP contribution is 2.30. The zero-order valence-electron chi connectivity index (χ0n) is 13.1. The van der Waals surface area contributed by atoms with Crippen molar-refractivity contribution in [3.05, 3.63) is 64.8 Å². The van der Waals surface area contributed by atoms with Gasteiger partial charge in [-0.25, -0.2) is 9.78 Å². The van der Waals surface area contributed by atoms with Crippen molar-refractivity contribution in [1.29, 1.82) is 0 Å². The third kappa shape index (κ3) is 2.12. The second kappa shape index (κ2) is 5.50. The number of para-hydroxylation sites is 1. The quantitative estimate of drug-likeness (QED) is 0.359. The average molecular weight is 363 g/mol. The summed E-state index contributed by atoms with van der Waals surface area (Å²) < 4.78 is 12.1. The van der Waals surface area contributed by atoms with Crippen molar-refractivity contribution in [3.63, 3.8) is 0 Å². The van der Waals surface area contributed by atoms with Gasteiger partial charge in [0.2, 0.25) is 4.96 Å². The fourth-order valence-electron chi connectivity index (χ4n) is 2.79. The first-order valence-electron chi connectivity index (χ1n) is 7.66. The molecule has 0 aliphatic heterocycles. The van der Waals surface area contributed by atoms with Crippen molar-refractivity contribution in [3.8, 4) is 22.0 Å². The molecule has 0 saturated carbocycles. The number of benzene rings is 1. The van der Waals surface area contributed by atoms with Gasteiger partial charge in [0.15, 0.2) is 17.1 Å². The monoisotopic (exact) mass is 363 g/mol. The Hall–Kier alpha value is -3.52. The fourth-order valence-corrected chi connectivity index (χ4v) is 3.67. The highest BCUT2D eigenvalue weighted by atomic mass is 32.1. The summed E-state index contributed by atoms with van der Waals surface area (Å²) in [5.41, 5.74) is 0.598. The number of hydrogen-bond acceptors (Lipinski definition) is 7. The Balaban J connectivity index is 1.74. The molecule has 5 rings (SSSR count). The lowest BCUT2D eigenvalue weighted by Crippen LogP contribution is -2.05. The molecule has 26 heavy (non-hydrogen) atoms. The molecule has 0 bridgehead atoms. The lowest BCUT2D eigenvalue weighted by Gasteiger charge is -2.00. The second-order valence-electron chi connectivity index (χ2n) is 5.53. The molecular formula is C18H9N3O4S. The van der Waals surface area contributed by atoms with Crippen molar-refractivity contribution in [1.82, 2.24) is 14.6 Å². The molecule has 1 aromatic carbocycles. The summed E-state index contributed by atoms with van der Waals surface area (Å²) >= 11 is 1.26. The van der Waals surface area contributed by atoms with Gasteiger partial charge in [0.1, 0.15) is 17.0 Å². The highest BCUT2D eigenvalue weighted by molar-refractivity contribution is 7.19. The van der Waals surface area contributed by atoms with Crippen LogP contribution >= 0.6 is 11.3 Å². The van der Waals surface area contributed by atoms with Crippen LogP contribution in [0.3, 0.4) is 0 Å². The smallest absolute Gasteiger partial charge is 0.345 e. The summed E-state index contributed by atoms with van der Waals surface area (Å²) in [7, 11) is 0. The predicted octanol–water partition coefficient (Wildman–Crippen LogP) is 3.64. The van der Waals surface area contributed by atoms with Crippen LogP contribution < -0.4 is 5.63 Å². The second-order valence-corrected chi connectivity index (χ2v) is 6.48. The molecule has 0 amide bonds. The van der Waals surface area contributed by atoms with Crippen LogP contribution in [-0.2, 0) is 0 Å². The molecule has 0 N–H and O–H groups in total. The Bertz CT molecular complexity index is 1330. The normalized spacial score (nSPS) is 11.4. The van der Waals surface area contributed by atoms with Gasteiger partial charge >= 0.3 is 5.63 Å². The van der Waals surface area contributed by atoms with Crippen molar-refractivity contribution in [2.45, 2.75) is 0 Å². The van der Waals surface area contributed by atoms with Crippen LogP contribution in [0.5, 0.6) is 0 Å². The molecule has 4 aromatic heterocycles. The molecule has 0 aliphatic rings. The van der Waals surface area contributed by atoms with Crippen LogP contribution in [0.4, 0.5) is 0 Å². The molecule has 8 heteroatoms. The lowest BCUT2D eigenvalue weighted by atomic mass is 10.1. The van der Waals surface area contributed by atoms with E-state index in [1.165, 1.54) is 15.9 Å². The van der Waals surface area contributed by atoms with E-state index < -0.39 is 5.63 Å². The van der Waals surface area contributed by atoms with E-state index in [2.05, 4.69) is 10.1 Å². The summed E-state index contributed by atoms with van der Waals surface area (Å²) in [4.78, 5) is 29.0. The Morgan fingerprint density at radius 1 is 1.15 bits per heavy atom. The van der Waals surface area contributed by atoms with Crippen LogP contribution in [0.15, 0.2) is 62.4 Å². The van der Waals surface area contributed by atoms with Gasteiger partial charge in [-0.15, -0.1) is 0 Å². The first kappa shape index (κ1) is 14.8. The maximum Gasteiger partial charge on any atom is 0.345 e. The molecule has 0 radical (unpaired) electrons. The van der Waals surface area contributed by atoms with E-state index in [9.17, 15) is 9.59 Å². The topological polar surface area (TPSA) is 90.6 Å². The van der Waals surface area contributed by atoms with Crippen LogP contribution in [0, 0.1) is 0 Å². The molecule has 0 saturated heterocycles. The number of aromatic nitrogens is 3. The van der Waals surface area contributed by atoms with Gasteiger partial charge in [-0.1, -0.05) is 29.5 Å². The minimum Gasteiger partial charge on any atom is -0.462 e. The Morgan fingerprint density at radius 2 is 2.04 bits per heavy atom. The average Bonchev–Trinajstić information content (AvgIpc) is 3.36. The van der Waals surface area contributed by atoms with Crippen LogP contribution in [0.25, 0.3) is 38.0 Å². The summed E-state index contributed by atoms with van der Waals surface area (Å²) in [5.74, 6) is 0.587. The van der Waals surface area contributed by atoms with Crippen molar-refractivity contribution in [2.75, 3.05) is 0 Å². The third-order valence-corrected chi connectivity index (χ3v) is 4.90. The maximum atomic E-state index is 12.4. The number of hydrogen-bond donors (Lipinski definition) is 0. The maximum absolute atomic E-state index is 12.4. The molecule has 0 unspecified atom stereocenters. The third-order valence-electron chi connectivity index (χ3n) is 3.98. The zero-order chi connectivity index (χ0) is 17.7. The Morgan fingerprint density at radius 3 is 2.85 bits per heavy atom. The van der Waals surface area contributed by atoms with Crippen LogP contribution in [0.2, 0.25) is 0 Å². The van der Waals surface area contributed by atoms with E-state index in [1.807, 2.05) is 12.1 Å². The molecule has 0 spiro atoms. The number of fused-ring (bicyclic) bond motifs is 2. The van der Waals surface area contributed by atoms with E-state index in [1.54, 1.807) is 36.6 Å². The summed E-state index contributed by atoms with van der Waals surface area (Å²) in [6.07, 6.45) is 2.18. The molecule has 5 aromatic rings. The number of carbonyl (C=O) groups is 1. The summed E-state index contributed by atoms with van der Waals surface area (Å²) in [5, 5.41) is 5.72. The standard InChI is InChI=1S/C18H9N3O4S/c22-9-12-15(11-8-10-4-1-2-5-13(10)25-17(11)23)19-18-21(12)20-16(26-18)14-6-3-7-24-14/h1-9H. The number of furan rings is 1. The number of imidazole rings is 1. The van der Waals surface area contributed by atoms with Gasteiger partial charge < -0.3 is 8.83 Å². The first-order valence-corrected chi connectivity index (χ1v) is 8.48. The highest BCUT2D eigenvalue weighted by Gasteiger charge is 2.21. The molecule has 126 valence electrons. The van der Waals surface area contributed by atoms with E-state index >= 15 is 0 Å². The van der Waals surface area contributed by atoms with E-state index in [4.69, 9.17) is 8.83 Å². The van der Waals surface area contributed by atoms with Gasteiger partial charge in [-0.2, -0.15) is 9.61 Å². The molecule has 7 nitrogen and oxygen atoms in total. The first-order chi connectivity index (χ1) is 12.7. The summed E-state index contributed by atoms with van der Waals surface area (Å²) in [6, 6.07) is 12.4. The number of rotatable bonds is 3. The SMILES string of the molecule is O=Cc1c(-c2cc3ccccc3oc2=O)nc2sc(-c3ccco3)nn12. The molecule has 0 atom stereocenters. The largest absolute Gasteiger partial charge is 0.462 e. The van der Waals surface area contributed by atoms with Gasteiger partial charge in [-0.05, 0) is 24.3 Å². The van der Waals surface area contributed by atoms with Crippen molar-refractivity contribution < 1.29 is 13.6 Å². The molecule has 4 heterocycles. The van der Waals surface area contributed by atoms with Gasteiger partial charge in [0, 0.05) is 5.39 Å². The number of nitrogens with zero attached hydrogens (tertiary/aromatic N) is 3. The van der Waals surface area contributed by atoms with E-state index in [0.29, 0.717) is 27.6 Å². The van der Waals surface area contributed by atoms with Crippen molar-refractivity contribution >= 4 is 33.6 Å². The molecule has 0 aliphatic carbocycles.